The molecule has 0 spiro atoms. The molecule has 3 aromatic rings. The molecule has 0 amide bonds. The standard InChI is InChI=1S/C20H21N3S/c1-4-12-24-20-22-21-19(14-17-8-6-5-7-9-17)23(20)18-11-10-15(2)16(3)13-18/h4-11,13H,1,12,14H2,2-3H3. The molecule has 0 saturated carbocycles. The fourth-order valence-electron chi connectivity index (χ4n) is 2.54. The van der Waals surface area contributed by atoms with Crippen molar-refractivity contribution in [3.8, 4) is 5.69 Å². The van der Waals surface area contributed by atoms with Crippen LogP contribution in [0.4, 0.5) is 0 Å². The molecule has 0 fully saturated rings. The second-order valence-corrected chi connectivity index (χ2v) is 6.75. The number of aryl methyl sites for hydroxylation is 2. The number of hydrogen-bond donors (Lipinski definition) is 0. The van der Waals surface area contributed by atoms with Gasteiger partial charge in [-0.15, -0.1) is 16.8 Å². The molecule has 4 heteroatoms. The Balaban J connectivity index is 2.04. The molecule has 0 aliphatic rings. The van der Waals surface area contributed by atoms with Gasteiger partial charge in [0.05, 0.1) is 0 Å². The fourth-order valence-corrected chi connectivity index (χ4v) is 3.25. The van der Waals surface area contributed by atoms with E-state index in [0.29, 0.717) is 0 Å². The predicted octanol–water partition coefficient (Wildman–Crippen LogP) is 4.75. The van der Waals surface area contributed by atoms with Crippen molar-refractivity contribution in [3.63, 3.8) is 0 Å². The fraction of sp³-hybridized carbons (Fsp3) is 0.200. The molecule has 3 nitrogen and oxygen atoms in total. The lowest BCUT2D eigenvalue weighted by molar-refractivity contribution is 0.847. The third kappa shape index (κ3) is 3.60. The molecular formula is C20H21N3S. The molecule has 1 aromatic heterocycles. The smallest absolute Gasteiger partial charge is 0.196 e. The number of hydrogen-bond acceptors (Lipinski definition) is 3. The Labute approximate surface area is 147 Å². The molecule has 2 aromatic carbocycles. The van der Waals surface area contributed by atoms with Gasteiger partial charge in [0.2, 0.25) is 0 Å². The lowest BCUT2D eigenvalue weighted by Crippen LogP contribution is -2.04. The molecule has 0 atom stereocenters. The van der Waals surface area contributed by atoms with E-state index in [0.717, 1.165) is 28.8 Å². The topological polar surface area (TPSA) is 30.7 Å². The molecule has 24 heavy (non-hydrogen) atoms. The summed E-state index contributed by atoms with van der Waals surface area (Å²) in [5.41, 5.74) is 4.90. The summed E-state index contributed by atoms with van der Waals surface area (Å²) in [4.78, 5) is 0. The number of nitrogens with zero attached hydrogens (tertiary/aromatic N) is 3. The highest BCUT2D eigenvalue weighted by atomic mass is 32.2. The molecule has 0 radical (unpaired) electrons. The highest BCUT2D eigenvalue weighted by molar-refractivity contribution is 7.99. The molecule has 122 valence electrons. The first-order chi connectivity index (χ1) is 11.7. The van der Waals surface area contributed by atoms with E-state index in [1.807, 2.05) is 12.1 Å². The van der Waals surface area contributed by atoms with Crippen LogP contribution in [-0.4, -0.2) is 20.5 Å². The number of aromatic nitrogens is 3. The van der Waals surface area contributed by atoms with Crippen molar-refractivity contribution in [2.24, 2.45) is 0 Å². The quantitative estimate of drug-likeness (QED) is 0.481. The summed E-state index contributed by atoms with van der Waals surface area (Å²) in [6, 6.07) is 16.9. The Bertz CT molecular complexity index is 837. The van der Waals surface area contributed by atoms with E-state index in [9.17, 15) is 0 Å². The van der Waals surface area contributed by atoms with E-state index in [2.05, 4.69) is 77.7 Å². The van der Waals surface area contributed by atoms with Crippen molar-refractivity contribution in [1.29, 1.82) is 0 Å². The van der Waals surface area contributed by atoms with Gasteiger partial charge in [0, 0.05) is 17.9 Å². The van der Waals surface area contributed by atoms with Gasteiger partial charge >= 0.3 is 0 Å². The van der Waals surface area contributed by atoms with Crippen LogP contribution in [0, 0.1) is 13.8 Å². The Morgan fingerprint density at radius 1 is 1.04 bits per heavy atom. The Morgan fingerprint density at radius 3 is 2.54 bits per heavy atom. The zero-order chi connectivity index (χ0) is 16.9. The van der Waals surface area contributed by atoms with Gasteiger partial charge in [0.1, 0.15) is 5.82 Å². The summed E-state index contributed by atoms with van der Waals surface area (Å²) >= 11 is 1.65. The first kappa shape index (κ1) is 16.5. The van der Waals surface area contributed by atoms with E-state index >= 15 is 0 Å². The second kappa shape index (κ2) is 7.49. The first-order valence-corrected chi connectivity index (χ1v) is 8.97. The van der Waals surface area contributed by atoms with E-state index in [1.165, 1.54) is 16.7 Å². The van der Waals surface area contributed by atoms with Crippen LogP contribution >= 0.6 is 11.8 Å². The summed E-state index contributed by atoms with van der Waals surface area (Å²) in [6.07, 6.45) is 2.65. The zero-order valence-electron chi connectivity index (χ0n) is 14.1. The summed E-state index contributed by atoms with van der Waals surface area (Å²) in [5, 5.41) is 9.76. The minimum atomic E-state index is 0.759. The highest BCUT2D eigenvalue weighted by Crippen LogP contribution is 2.25. The van der Waals surface area contributed by atoms with Gasteiger partial charge in [-0.2, -0.15) is 0 Å². The van der Waals surface area contributed by atoms with Crippen LogP contribution in [0.2, 0.25) is 0 Å². The highest BCUT2D eigenvalue weighted by Gasteiger charge is 2.15. The van der Waals surface area contributed by atoms with Crippen LogP contribution in [0.25, 0.3) is 5.69 Å². The molecule has 3 rings (SSSR count). The lowest BCUT2D eigenvalue weighted by atomic mass is 10.1. The third-order valence-corrected chi connectivity index (χ3v) is 4.91. The van der Waals surface area contributed by atoms with E-state index in [1.54, 1.807) is 11.8 Å². The van der Waals surface area contributed by atoms with Crippen molar-refractivity contribution < 1.29 is 0 Å². The van der Waals surface area contributed by atoms with Gasteiger partial charge < -0.3 is 0 Å². The van der Waals surface area contributed by atoms with Crippen LogP contribution in [0.5, 0.6) is 0 Å². The number of benzene rings is 2. The van der Waals surface area contributed by atoms with Crippen LogP contribution in [0.3, 0.4) is 0 Å². The second-order valence-electron chi connectivity index (χ2n) is 5.76. The van der Waals surface area contributed by atoms with Crippen molar-refractivity contribution in [3.05, 3.63) is 83.7 Å². The minimum absolute atomic E-state index is 0.759. The van der Waals surface area contributed by atoms with Gasteiger partial charge in [-0.25, -0.2) is 0 Å². The Morgan fingerprint density at radius 2 is 1.83 bits per heavy atom. The van der Waals surface area contributed by atoms with Gasteiger partial charge in [-0.3, -0.25) is 4.57 Å². The monoisotopic (exact) mass is 335 g/mol. The Kier molecular flexibility index (Phi) is 5.16. The maximum atomic E-state index is 4.45. The first-order valence-electron chi connectivity index (χ1n) is 7.98. The maximum absolute atomic E-state index is 4.45. The normalized spacial score (nSPS) is 10.8. The SMILES string of the molecule is C=CCSc1nnc(Cc2ccccc2)n1-c1ccc(C)c(C)c1. The van der Waals surface area contributed by atoms with Gasteiger partial charge in [-0.1, -0.05) is 54.2 Å². The van der Waals surface area contributed by atoms with Crippen LogP contribution < -0.4 is 0 Å². The van der Waals surface area contributed by atoms with Crippen molar-refractivity contribution in [2.45, 2.75) is 25.4 Å². The molecular weight excluding hydrogens is 314 g/mol. The van der Waals surface area contributed by atoms with Crippen molar-refractivity contribution in [1.82, 2.24) is 14.8 Å². The van der Waals surface area contributed by atoms with Crippen LogP contribution in [-0.2, 0) is 6.42 Å². The average molecular weight is 335 g/mol. The van der Waals surface area contributed by atoms with Crippen LogP contribution in [0.1, 0.15) is 22.5 Å². The summed E-state index contributed by atoms with van der Waals surface area (Å²) in [6.45, 7) is 8.06. The van der Waals surface area contributed by atoms with E-state index < -0.39 is 0 Å². The van der Waals surface area contributed by atoms with Crippen molar-refractivity contribution in [2.75, 3.05) is 5.75 Å². The van der Waals surface area contributed by atoms with Crippen LogP contribution in [0.15, 0.2) is 66.3 Å². The number of thioether (sulfide) groups is 1. The lowest BCUT2D eigenvalue weighted by Gasteiger charge is -2.12. The Hall–Kier alpha value is -2.33. The summed E-state index contributed by atoms with van der Waals surface area (Å²) in [5.74, 6) is 1.77. The van der Waals surface area contributed by atoms with Gasteiger partial charge in [0.25, 0.3) is 0 Å². The summed E-state index contributed by atoms with van der Waals surface area (Å²) < 4.78 is 2.16. The third-order valence-electron chi connectivity index (χ3n) is 3.98. The summed E-state index contributed by atoms with van der Waals surface area (Å²) in [7, 11) is 0. The van der Waals surface area contributed by atoms with Gasteiger partial charge in [-0.05, 0) is 42.7 Å². The molecule has 0 saturated heterocycles. The molecule has 0 aliphatic heterocycles. The van der Waals surface area contributed by atoms with E-state index in [-0.39, 0.29) is 0 Å². The number of rotatable bonds is 6. The largest absolute Gasteiger partial charge is 0.274 e. The predicted molar refractivity (Wildman–Crippen MR) is 101 cm³/mol. The average Bonchev–Trinajstić information content (AvgIpc) is 2.99. The van der Waals surface area contributed by atoms with E-state index in [4.69, 9.17) is 0 Å². The molecule has 0 aliphatic carbocycles. The molecule has 0 unspecified atom stereocenters. The zero-order valence-corrected chi connectivity index (χ0v) is 14.9. The minimum Gasteiger partial charge on any atom is -0.274 e. The van der Waals surface area contributed by atoms with Crippen molar-refractivity contribution >= 4 is 11.8 Å². The molecule has 1 heterocycles. The van der Waals surface area contributed by atoms with Gasteiger partial charge in [0.15, 0.2) is 5.16 Å². The molecule has 0 N–H and O–H groups in total. The molecule has 0 bridgehead atoms. The maximum Gasteiger partial charge on any atom is 0.196 e.